The summed E-state index contributed by atoms with van der Waals surface area (Å²) in [6.07, 6.45) is -0.613. The molecule has 3 rings (SSSR count). The molecule has 1 amide bonds. The fourth-order valence-electron chi connectivity index (χ4n) is 2.90. The van der Waals surface area contributed by atoms with Gasteiger partial charge in [0.25, 0.3) is 0 Å². The largest absolute Gasteiger partial charge is 0.419 e. The van der Waals surface area contributed by atoms with Crippen molar-refractivity contribution in [1.82, 2.24) is 9.97 Å². The van der Waals surface area contributed by atoms with Crippen LogP contribution in [0.2, 0.25) is 0 Å². The van der Waals surface area contributed by atoms with Crippen LogP contribution in [0.15, 0.2) is 41.1 Å². The predicted octanol–water partition coefficient (Wildman–Crippen LogP) is 4.11. The van der Waals surface area contributed by atoms with Crippen LogP contribution in [0.4, 0.5) is 24.8 Å². The number of piperidine rings is 1. The molecule has 1 saturated heterocycles. The number of anilines is 2. The monoisotopic (exact) mass is 428 g/mol. The van der Waals surface area contributed by atoms with Gasteiger partial charge in [-0.25, -0.2) is 9.97 Å². The van der Waals surface area contributed by atoms with Crippen molar-refractivity contribution in [2.24, 2.45) is 5.92 Å². The van der Waals surface area contributed by atoms with Crippen LogP contribution in [-0.2, 0) is 11.0 Å². The maximum absolute atomic E-state index is 13.1. The van der Waals surface area contributed by atoms with Gasteiger partial charge in [0, 0.05) is 35.9 Å². The Morgan fingerprint density at radius 1 is 1.19 bits per heavy atom. The quantitative estimate of drug-likeness (QED) is 0.798. The molecule has 2 aromatic rings. The van der Waals surface area contributed by atoms with E-state index >= 15 is 0 Å². The smallest absolute Gasteiger partial charge is 0.356 e. The maximum atomic E-state index is 13.1. The number of hydrogen-bond acceptors (Lipinski definition) is 4. The average molecular weight is 429 g/mol. The van der Waals surface area contributed by atoms with Gasteiger partial charge in [0.1, 0.15) is 11.6 Å². The molecule has 3 heterocycles. The zero-order valence-electron chi connectivity index (χ0n) is 13.6. The van der Waals surface area contributed by atoms with E-state index in [9.17, 15) is 18.0 Å². The average Bonchev–Trinajstić information content (AvgIpc) is 2.63. The third kappa shape index (κ3) is 4.32. The van der Waals surface area contributed by atoms with Crippen molar-refractivity contribution in [3.05, 3.63) is 46.7 Å². The molecular formula is C17H16BrF3N4O. The molecule has 1 aliphatic heterocycles. The van der Waals surface area contributed by atoms with E-state index in [-0.39, 0.29) is 17.6 Å². The van der Waals surface area contributed by atoms with Gasteiger partial charge in [-0.1, -0.05) is 0 Å². The van der Waals surface area contributed by atoms with Gasteiger partial charge in [-0.05, 0) is 53.0 Å². The van der Waals surface area contributed by atoms with Crippen LogP contribution in [-0.4, -0.2) is 29.0 Å². The highest BCUT2D eigenvalue weighted by Crippen LogP contribution is 2.36. The third-order valence-corrected chi connectivity index (χ3v) is 4.71. The number of carbonyl (C=O) groups is 1. The molecule has 0 saturated carbocycles. The Bertz CT molecular complexity index is 774. The Hall–Kier alpha value is -2.16. The lowest BCUT2D eigenvalue weighted by Gasteiger charge is -2.33. The van der Waals surface area contributed by atoms with Gasteiger partial charge in [0.15, 0.2) is 0 Å². The summed E-state index contributed by atoms with van der Waals surface area (Å²) >= 11 is 3.27. The first-order valence-corrected chi connectivity index (χ1v) is 8.83. The fourth-order valence-corrected chi connectivity index (χ4v) is 3.14. The Balaban J connectivity index is 1.63. The van der Waals surface area contributed by atoms with Crippen molar-refractivity contribution in [3.8, 4) is 0 Å². The number of nitrogens with zero attached hydrogens (tertiary/aromatic N) is 3. The number of pyridine rings is 2. The first kappa shape index (κ1) is 18.6. The van der Waals surface area contributed by atoms with Gasteiger partial charge in [-0.2, -0.15) is 13.2 Å². The van der Waals surface area contributed by atoms with Crippen LogP contribution in [0.1, 0.15) is 18.4 Å². The molecule has 0 aliphatic carbocycles. The predicted molar refractivity (Wildman–Crippen MR) is 94.7 cm³/mol. The van der Waals surface area contributed by atoms with Crippen LogP contribution in [0.5, 0.6) is 0 Å². The van der Waals surface area contributed by atoms with E-state index in [1.807, 2.05) is 0 Å². The second-order valence-electron chi connectivity index (χ2n) is 5.98. The summed E-state index contributed by atoms with van der Waals surface area (Å²) in [6.45, 7) is 0.678. The highest BCUT2D eigenvalue weighted by molar-refractivity contribution is 9.10. The van der Waals surface area contributed by atoms with E-state index in [1.54, 1.807) is 23.2 Å². The number of halogens is 4. The molecule has 138 valence electrons. The van der Waals surface area contributed by atoms with Gasteiger partial charge >= 0.3 is 6.18 Å². The van der Waals surface area contributed by atoms with Crippen LogP contribution >= 0.6 is 15.9 Å². The van der Waals surface area contributed by atoms with Crippen molar-refractivity contribution >= 4 is 33.5 Å². The molecule has 1 fully saturated rings. The summed E-state index contributed by atoms with van der Waals surface area (Å²) in [5.41, 5.74) is -0.748. The number of nitrogens with one attached hydrogen (secondary N) is 1. The minimum atomic E-state index is -4.45. The molecule has 0 aromatic carbocycles. The van der Waals surface area contributed by atoms with Crippen LogP contribution in [0.25, 0.3) is 0 Å². The standard InChI is InChI=1S/C17H16BrF3N4O/c18-12-3-4-14(23-10-12)24-16(26)11-5-8-25(9-6-11)15-13(17(19,20)21)2-1-7-22-15/h1-4,7,10-11H,5-6,8-9H2,(H,23,24,26). The van der Waals surface area contributed by atoms with E-state index in [0.29, 0.717) is 31.7 Å². The second kappa shape index (κ2) is 7.61. The van der Waals surface area contributed by atoms with Gasteiger partial charge in [-0.3, -0.25) is 4.79 Å². The lowest BCUT2D eigenvalue weighted by molar-refractivity contribution is -0.137. The number of alkyl halides is 3. The molecule has 0 radical (unpaired) electrons. The Morgan fingerprint density at radius 3 is 2.54 bits per heavy atom. The first-order valence-electron chi connectivity index (χ1n) is 8.04. The highest BCUT2D eigenvalue weighted by Gasteiger charge is 2.36. The van der Waals surface area contributed by atoms with E-state index in [4.69, 9.17) is 0 Å². The number of aromatic nitrogens is 2. The van der Waals surface area contributed by atoms with E-state index in [0.717, 1.165) is 10.5 Å². The lowest BCUT2D eigenvalue weighted by atomic mass is 9.95. The number of hydrogen-bond donors (Lipinski definition) is 1. The van der Waals surface area contributed by atoms with Crippen molar-refractivity contribution in [1.29, 1.82) is 0 Å². The number of carbonyl (C=O) groups excluding carboxylic acids is 1. The van der Waals surface area contributed by atoms with Crippen LogP contribution in [0, 0.1) is 5.92 Å². The lowest BCUT2D eigenvalue weighted by Crippen LogP contribution is -2.39. The normalized spacial score (nSPS) is 15.8. The summed E-state index contributed by atoms with van der Waals surface area (Å²) in [4.78, 5) is 21.9. The Morgan fingerprint density at radius 2 is 1.92 bits per heavy atom. The van der Waals surface area contributed by atoms with Crippen molar-refractivity contribution in [2.45, 2.75) is 19.0 Å². The molecule has 0 atom stereocenters. The topological polar surface area (TPSA) is 58.1 Å². The Kier molecular flexibility index (Phi) is 5.45. The molecule has 9 heteroatoms. The first-order chi connectivity index (χ1) is 12.3. The number of rotatable bonds is 3. The van der Waals surface area contributed by atoms with E-state index in [1.165, 1.54) is 12.3 Å². The summed E-state index contributed by atoms with van der Waals surface area (Å²) in [5, 5.41) is 2.74. The summed E-state index contributed by atoms with van der Waals surface area (Å²) in [5.74, 6) is -0.0653. The van der Waals surface area contributed by atoms with E-state index in [2.05, 4.69) is 31.2 Å². The van der Waals surface area contributed by atoms with E-state index < -0.39 is 11.7 Å². The zero-order valence-corrected chi connectivity index (χ0v) is 15.2. The SMILES string of the molecule is O=C(Nc1ccc(Br)cn1)C1CCN(c2ncccc2C(F)(F)F)CC1. The minimum Gasteiger partial charge on any atom is -0.356 e. The zero-order chi connectivity index (χ0) is 18.7. The highest BCUT2D eigenvalue weighted by atomic mass is 79.9. The molecular weight excluding hydrogens is 413 g/mol. The molecule has 0 spiro atoms. The maximum Gasteiger partial charge on any atom is 0.419 e. The summed E-state index contributed by atoms with van der Waals surface area (Å²) < 4.78 is 40.2. The molecule has 1 aliphatic rings. The summed E-state index contributed by atoms with van der Waals surface area (Å²) in [7, 11) is 0. The second-order valence-corrected chi connectivity index (χ2v) is 6.90. The fraction of sp³-hybridized carbons (Fsp3) is 0.353. The molecule has 1 N–H and O–H groups in total. The van der Waals surface area contributed by atoms with Crippen molar-refractivity contribution < 1.29 is 18.0 Å². The van der Waals surface area contributed by atoms with Crippen LogP contribution in [0.3, 0.4) is 0 Å². The molecule has 0 unspecified atom stereocenters. The molecule has 26 heavy (non-hydrogen) atoms. The van der Waals surface area contributed by atoms with Gasteiger partial charge in [-0.15, -0.1) is 0 Å². The minimum absolute atomic E-state index is 0.0755. The molecule has 2 aromatic heterocycles. The molecule has 5 nitrogen and oxygen atoms in total. The molecule has 0 bridgehead atoms. The van der Waals surface area contributed by atoms with Crippen molar-refractivity contribution in [3.63, 3.8) is 0 Å². The van der Waals surface area contributed by atoms with Crippen LogP contribution < -0.4 is 10.2 Å². The van der Waals surface area contributed by atoms with Gasteiger partial charge in [0.2, 0.25) is 5.91 Å². The summed E-state index contributed by atoms with van der Waals surface area (Å²) in [6, 6.07) is 5.75. The van der Waals surface area contributed by atoms with Crippen molar-refractivity contribution in [2.75, 3.05) is 23.3 Å². The van der Waals surface area contributed by atoms with Gasteiger partial charge in [0.05, 0.1) is 5.56 Å². The number of amides is 1. The Labute approximate surface area is 156 Å². The van der Waals surface area contributed by atoms with Gasteiger partial charge < -0.3 is 10.2 Å². The third-order valence-electron chi connectivity index (χ3n) is 4.24.